The van der Waals surface area contributed by atoms with Crippen molar-refractivity contribution >= 4 is 39.8 Å². The van der Waals surface area contributed by atoms with Gasteiger partial charge in [-0.2, -0.15) is 20.1 Å². The van der Waals surface area contributed by atoms with E-state index in [0.717, 1.165) is 9.47 Å². The molecule has 0 amide bonds. The molecule has 0 saturated carbocycles. The predicted octanol–water partition coefficient (Wildman–Crippen LogP) is 1.78. The van der Waals surface area contributed by atoms with Crippen LogP contribution >= 0.6 is 34.7 Å². The van der Waals surface area contributed by atoms with E-state index in [-0.39, 0.29) is 5.28 Å². The number of hydrogen-bond donors (Lipinski definition) is 0. The van der Waals surface area contributed by atoms with E-state index in [4.69, 9.17) is 11.6 Å². The van der Waals surface area contributed by atoms with Crippen molar-refractivity contribution in [1.82, 2.24) is 34.9 Å². The Morgan fingerprint density at radius 2 is 2.10 bits per heavy atom. The molecule has 21 heavy (non-hydrogen) atoms. The molecule has 0 N–H and O–H groups in total. The fourth-order valence-electron chi connectivity index (χ4n) is 1.36. The van der Waals surface area contributed by atoms with Gasteiger partial charge in [0.15, 0.2) is 4.34 Å². The summed E-state index contributed by atoms with van der Waals surface area (Å²) in [6.45, 7) is 0. The molecule has 0 atom stereocenters. The number of anilines is 1. The highest BCUT2D eigenvalue weighted by Crippen LogP contribution is 2.31. The monoisotopic (exact) mass is 340 g/mol. The van der Waals surface area contributed by atoms with Crippen molar-refractivity contribution in [2.24, 2.45) is 0 Å². The summed E-state index contributed by atoms with van der Waals surface area (Å²) in [5.74, 6) is 0.361. The Bertz CT molecular complexity index is 741. The molecule has 0 aliphatic rings. The Labute approximate surface area is 133 Å². The minimum absolute atomic E-state index is 0.107. The molecule has 0 bridgehead atoms. The van der Waals surface area contributed by atoms with Gasteiger partial charge in [-0.25, -0.2) is 4.68 Å². The van der Waals surface area contributed by atoms with E-state index < -0.39 is 0 Å². The van der Waals surface area contributed by atoms with Crippen LogP contribution in [0.2, 0.25) is 5.28 Å². The highest BCUT2D eigenvalue weighted by molar-refractivity contribution is 8.00. The molecule has 108 valence electrons. The molecule has 0 spiro atoms. The van der Waals surface area contributed by atoms with Gasteiger partial charge in [-0.1, -0.05) is 11.3 Å². The Balaban J connectivity index is 1.88. The van der Waals surface area contributed by atoms with Gasteiger partial charge in [0.05, 0.1) is 0 Å². The minimum Gasteiger partial charge on any atom is -0.353 e. The van der Waals surface area contributed by atoms with Gasteiger partial charge in [-0.05, 0) is 29.4 Å². The molecule has 3 aromatic rings. The Morgan fingerprint density at radius 1 is 1.24 bits per heavy atom. The molecule has 0 aromatic carbocycles. The van der Waals surface area contributed by atoms with E-state index in [9.17, 15) is 0 Å². The van der Waals surface area contributed by atoms with E-state index in [1.807, 2.05) is 19.0 Å². The number of nitrogens with zero attached hydrogens (tertiary/aromatic N) is 8. The van der Waals surface area contributed by atoms with Crippen LogP contribution in [0.15, 0.2) is 28.0 Å². The zero-order chi connectivity index (χ0) is 14.8. The van der Waals surface area contributed by atoms with Crippen molar-refractivity contribution in [3.63, 3.8) is 0 Å². The molecular formula is C10H9ClN8S2. The van der Waals surface area contributed by atoms with Gasteiger partial charge < -0.3 is 4.90 Å². The summed E-state index contributed by atoms with van der Waals surface area (Å²) in [5, 5.41) is 13.6. The van der Waals surface area contributed by atoms with Crippen molar-refractivity contribution < 1.29 is 0 Å². The zero-order valence-electron chi connectivity index (χ0n) is 11.0. The maximum atomic E-state index is 5.93. The highest BCUT2D eigenvalue weighted by atomic mass is 35.5. The van der Waals surface area contributed by atoms with E-state index >= 15 is 0 Å². The lowest BCUT2D eigenvalue weighted by Crippen LogP contribution is -2.07. The van der Waals surface area contributed by atoms with Crippen LogP contribution in [-0.4, -0.2) is 49.0 Å². The van der Waals surface area contributed by atoms with Crippen molar-refractivity contribution in [3.05, 3.63) is 23.7 Å². The van der Waals surface area contributed by atoms with Gasteiger partial charge in [0.1, 0.15) is 0 Å². The fraction of sp³-hybridized carbons (Fsp3) is 0.200. The summed E-state index contributed by atoms with van der Waals surface area (Å²) in [6.07, 6.45) is 3.37. The SMILES string of the molecule is CN(C)c1nnc(Sc2nc(Cl)nc(-n3cccn3)n2)s1. The van der Waals surface area contributed by atoms with E-state index in [1.54, 1.807) is 18.5 Å². The molecule has 3 rings (SSSR count). The first kappa shape index (κ1) is 14.2. The van der Waals surface area contributed by atoms with Crippen LogP contribution < -0.4 is 4.90 Å². The molecule has 0 radical (unpaired) electrons. The lowest BCUT2D eigenvalue weighted by molar-refractivity contribution is 0.758. The second-order valence-corrected chi connectivity index (χ2v) is 6.49. The number of hydrogen-bond acceptors (Lipinski definition) is 9. The lowest BCUT2D eigenvalue weighted by Gasteiger charge is -2.04. The Hall–Kier alpha value is -1.78. The summed E-state index contributed by atoms with van der Waals surface area (Å²) in [6, 6.07) is 1.78. The molecular weight excluding hydrogens is 332 g/mol. The van der Waals surface area contributed by atoms with Gasteiger partial charge in [-0.15, -0.1) is 10.2 Å². The third-order valence-electron chi connectivity index (χ3n) is 2.24. The number of aromatic nitrogens is 7. The van der Waals surface area contributed by atoms with Gasteiger partial charge >= 0.3 is 0 Å². The Kier molecular flexibility index (Phi) is 3.99. The molecule has 0 saturated heterocycles. The third-order valence-corrected chi connectivity index (χ3v) is 4.42. The quantitative estimate of drug-likeness (QED) is 0.710. The summed E-state index contributed by atoms with van der Waals surface area (Å²) in [5.41, 5.74) is 0. The highest BCUT2D eigenvalue weighted by Gasteiger charge is 2.12. The topological polar surface area (TPSA) is 85.5 Å². The molecule has 0 fully saturated rings. The van der Waals surface area contributed by atoms with E-state index in [1.165, 1.54) is 27.8 Å². The maximum absolute atomic E-state index is 5.93. The minimum atomic E-state index is 0.107. The Morgan fingerprint density at radius 3 is 2.76 bits per heavy atom. The molecule has 0 aliphatic heterocycles. The largest absolute Gasteiger partial charge is 0.353 e. The lowest BCUT2D eigenvalue weighted by atomic mass is 10.7. The fourth-order valence-corrected chi connectivity index (χ4v) is 3.18. The van der Waals surface area contributed by atoms with E-state index in [2.05, 4.69) is 30.2 Å². The van der Waals surface area contributed by atoms with Gasteiger partial charge in [0.2, 0.25) is 15.6 Å². The van der Waals surface area contributed by atoms with Crippen LogP contribution in [0.4, 0.5) is 5.13 Å². The zero-order valence-corrected chi connectivity index (χ0v) is 13.4. The second kappa shape index (κ2) is 5.92. The predicted molar refractivity (Wildman–Crippen MR) is 80.3 cm³/mol. The molecule has 0 unspecified atom stereocenters. The van der Waals surface area contributed by atoms with Crippen molar-refractivity contribution in [1.29, 1.82) is 0 Å². The molecule has 3 aromatic heterocycles. The van der Waals surface area contributed by atoms with Crippen molar-refractivity contribution in [2.45, 2.75) is 9.50 Å². The average Bonchev–Trinajstić information content (AvgIpc) is 3.08. The normalized spacial score (nSPS) is 10.8. The smallest absolute Gasteiger partial charge is 0.255 e. The molecule has 8 nitrogen and oxygen atoms in total. The first-order chi connectivity index (χ1) is 10.1. The van der Waals surface area contributed by atoms with Gasteiger partial charge in [-0.3, -0.25) is 0 Å². The van der Waals surface area contributed by atoms with Crippen LogP contribution in [0, 0.1) is 0 Å². The first-order valence-corrected chi connectivity index (χ1v) is 7.73. The first-order valence-electron chi connectivity index (χ1n) is 5.72. The standard InChI is InChI=1S/C10H9ClN8S2/c1-18(2)9-16-17-10(21-9)20-8-14-6(11)13-7(15-8)19-5-3-4-12-19/h3-5H,1-2H3. The number of rotatable bonds is 4. The summed E-state index contributed by atoms with van der Waals surface area (Å²) in [4.78, 5) is 14.3. The van der Waals surface area contributed by atoms with Crippen LogP contribution in [0.5, 0.6) is 0 Å². The van der Waals surface area contributed by atoms with Gasteiger partial charge in [0, 0.05) is 26.5 Å². The number of halogens is 1. The van der Waals surface area contributed by atoms with Crippen LogP contribution in [0.3, 0.4) is 0 Å². The van der Waals surface area contributed by atoms with E-state index in [0.29, 0.717) is 11.1 Å². The summed E-state index contributed by atoms with van der Waals surface area (Å²) in [7, 11) is 3.81. The van der Waals surface area contributed by atoms with Crippen LogP contribution in [-0.2, 0) is 0 Å². The van der Waals surface area contributed by atoms with Crippen molar-refractivity contribution in [2.75, 3.05) is 19.0 Å². The molecule has 3 heterocycles. The second-order valence-electron chi connectivity index (χ2n) is 3.98. The third kappa shape index (κ3) is 3.28. The maximum Gasteiger partial charge on any atom is 0.255 e. The van der Waals surface area contributed by atoms with Crippen molar-refractivity contribution in [3.8, 4) is 5.95 Å². The molecule has 0 aliphatic carbocycles. The van der Waals surface area contributed by atoms with Crippen LogP contribution in [0.25, 0.3) is 5.95 Å². The molecule has 11 heteroatoms. The van der Waals surface area contributed by atoms with Crippen LogP contribution in [0.1, 0.15) is 0 Å². The average molecular weight is 341 g/mol. The van der Waals surface area contributed by atoms with Gasteiger partial charge in [0.25, 0.3) is 5.95 Å². The summed E-state index contributed by atoms with van der Waals surface area (Å²) >= 11 is 8.66. The summed E-state index contributed by atoms with van der Waals surface area (Å²) < 4.78 is 2.25.